The molecule has 0 saturated heterocycles. The number of imidazole rings is 1. The Hall–Kier alpha value is -3.08. The minimum absolute atomic E-state index is 0.0585. The van der Waals surface area contributed by atoms with Crippen LogP contribution in [0, 0.1) is 0 Å². The number of hydrogen-bond donors (Lipinski definition) is 2. The third-order valence-electron chi connectivity index (χ3n) is 4.23. The molecule has 0 atom stereocenters. The van der Waals surface area contributed by atoms with E-state index in [2.05, 4.69) is 15.3 Å². The first-order valence-corrected chi connectivity index (χ1v) is 7.97. The van der Waals surface area contributed by atoms with Gasteiger partial charge >= 0.3 is 0 Å². The van der Waals surface area contributed by atoms with Gasteiger partial charge in [0.15, 0.2) is 0 Å². The molecule has 0 bridgehead atoms. The fraction of sp³-hybridized carbons (Fsp3) is 0.158. The number of carbonyl (C=O) groups is 1. The Labute approximate surface area is 139 Å². The van der Waals surface area contributed by atoms with Crippen molar-refractivity contribution in [1.82, 2.24) is 19.9 Å². The lowest BCUT2D eigenvalue weighted by atomic mass is 10.1. The number of hydrogen-bond acceptors (Lipinski definition) is 2. The molecular formula is C19H18N4O. The second-order valence-corrected chi connectivity index (χ2v) is 5.91. The van der Waals surface area contributed by atoms with Gasteiger partial charge in [-0.1, -0.05) is 12.1 Å². The number of benzene rings is 2. The number of H-pyrrole nitrogens is 1. The summed E-state index contributed by atoms with van der Waals surface area (Å²) in [5, 5.41) is 4.03. The Bertz CT molecular complexity index is 995. The Morgan fingerprint density at radius 3 is 2.96 bits per heavy atom. The van der Waals surface area contributed by atoms with Gasteiger partial charge in [0.2, 0.25) is 0 Å². The lowest BCUT2D eigenvalue weighted by molar-refractivity contribution is 0.0954. The van der Waals surface area contributed by atoms with Crippen LogP contribution in [0.1, 0.15) is 16.2 Å². The second kappa shape index (κ2) is 5.85. The highest BCUT2D eigenvalue weighted by atomic mass is 16.1. The van der Waals surface area contributed by atoms with Gasteiger partial charge in [0.25, 0.3) is 5.91 Å². The van der Waals surface area contributed by atoms with E-state index in [-0.39, 0.29) is 5.91 Å². The van der Waals surface area contributed by atoms with Crippen LogP contribution in [0.3, 0.4) is 0 Å². The summed E-state index contributed by atoms with van der Waals surface area (Å²) in [5.74, 6) is 0.826. The maximum absolute atomic E-state index is 12.3. The molecular weight excluding hydrogens is 300 g/mol. The normalized spacial score (nSPS) is 11.2. The van der Waals surface area contributed by atoms with Crippen LogP contribution >= 0.6 is 0 Å². The van der Waals surface area contributed by atoms with Crippen molar-refractivity contribution in [2.75, 3.05) is 6.54 Å². The fourth-order valence-corrected chi connectivity index (χ4v) is 2.94. The molecule has 1 amide bonds. The number of nitrogens with zero attached hydrogens (tertiary/aromatic N) is 2. The molecule has 2 aromatic carbocycles. The SMILES string of the molecule is Cn1ccc2cc(C(=O)NCCc3nc4ccccc4[nH]3)ccc21. The van der Waals surface area contributed by atoms with Crippen LogP contribution in [0.15, 0.2) is 54.7 Å². The van der Waals surface area contributed by atoms with Crippen molar-refractivity contribution in [3.8, 4) is 0 Å². The van der Waals surface area contributed by atoms with E-state index in [4.69, 9.17) is 0 Å². The van der Waals surface area contributed by atoms with Gasteiger partial charge in [-0.15, -0.1) is 0 Å². The Kier molecular flexibility index (Phi) is 3.54. The lowest BCUT2D eigenvalue weighted by Crippen LogP contribution is -2.25. The molecule has 0 unspecified atom stereocenters. The number of nitrogens with one attached hydrogen (secondary N) is 2. The summed E-state index contributed by atoms with van der Waals surface area (Å²) in [5.41, 5.74) is 3.77. The molecule has 2 N–H and O–H groups in total. The van der Waals surface area contributed by atoms with E-state index in [1.807, 2.05) is 66.3 Å². The molecule has 5 nitrogen and oxygen atoms in total. The summed E-state index contributed by atoms with van der Waals surface area (Å²) in [7, 11) is 2.00. The number of rotatable bonds is 4. The monoisotopic (exact) mass is 318 g/mol. The van der Waals surface area contributed by atoms with Gasteiger partial charge in [-0.25, -0.2) is 4.98 Å². The third kappa shape index (κ3) is 2.65. The summed E-state index contributed by atoms with van der Waals surface area (Å²) in [6.07, 6.45) is 2.67. The fourth-order valence-electron chi connectivity index (χ4n) is 2.94. The van der Waals surface area contributed by atoms with Gasteiger partial charge in [-0.2, -0.15) is 0 Å². The van der Waals surface area contributed by atoms with Crippen molar-refractivity contribution < 1.29 is 4.79 Å². The molecule has 4 rings (SSSR count). The molecule has 0 spiro atoms. The van der Waals surface area contributed by atoms with Gasteiger partial charge in [-0.3, -0.25) is 4.79 Å². The molecule has 0 fully saturated rings. The molecule has 0 saturated carbocycles. The molecule has 4 aromatic rings. The van der Waals surface area contributed by atoms with Crippen molar-refractivity contribution in [3.63, 3.8) is 0 Å². The number of carbonyl (C=O) groups excluding carboxylic acids is 1. The predicted octanol–water partition coefficient (Wildman–Crippen LogP) is 3.03. The van der Waals surface area contributed by atoms with E-state index in [1.165, 1.54) is 0 Å². The van der Waals surface area contributed by atoms with E-state index < -0.39 is 0 Å². The van der Waals surface area contributed by atoms with Crippen LogP contribution in [0.2, 0.25) is 0 Å². The summed E-state index contributed by atoms with van der Waals surface area (Å²) < 4.78 is 2.04. The minimum Gasteiger partial charge on any atom is -0.352 e. The highest BCUT2D eigenvalue weighted by Crippen LogP contribution is 2.16. The Balaban J connectivity index is 1.41. The van der Waals surface area contributed by atoms with Crippen LogP contribution < -0.4 is 5.32 Å². The van der Waals surface area contributed by atoms with Crippen LogP contribution in [-0.2, 0) is 13.5 Å². The highest BCUT2D eigenvalue weighted by Gasteiger charge is 2.08. The molecule has 0 aliphatic rings. The van der Waals surface area contributed by atoms with Gasteiger partial charge < -0.3 is 14.9 Å². The van der Waals surface area contributed by atoms with Crippen molar-refractivity contribution in [1.29, 1.82) is 0 Å². The van der Waals surface area contributed by atoms with E-state index >= 15 is 0 Å². The van der Waals surface area contributed by atoms with E-state index in [0.717, 1.165) is 27.8 Å². The molecule has 0 radical (unpaired) electrons. The van der Waals surface area contributed by atoms with Crippen LogP contribution in [-0.4, -0.2) is 27.0 Å². The number of aromatic amines is 1. The average Bonchev–Trinajstić information content (AvgIpc) is 3.17. The van der Waals surface area contributed by atoms with Crippen LogP contribution in [0.5, 0.6) is 0 Å². The largest absolute Gasteiger partial charge is 0.352 e. The molecule has 24 heavy (non-hydrogen) atoms. The minimum atomic E-state index is -0.0585. The van der Waals surface area contributed by atoms with E-state index in [0.29, 0.717) is 18.5 Å². The first-order chi connectivity index (χ1) is 11.7. The molecule has 120 valence electrons. The number of para-hydroxylation sites is 2. The van der Waals surface area contributed by atoms with Crippen molar-refractivity contribution >= 4 is 27.8 Å². The zero-order chi connectivity index (χ0) is 16.5. The van der Waals surface area contributed by atoms with Crippen molar-refractivity contribution in [2.45, 2.75) is 6.42 Å². The number of aromatic nitrogens is 3. The average molecular weight is 318 g/mol. The smallest absolute Gasteiger partial charge is 0.251 e. The third-order valence-corrected chi connectivity index (χ3v) is 4.23. The van der Waals surface area contributed by atoms with Gasteiger partial charge in [0, 0.05) is 42.7 Å². The van der Waals surface area contributed by atoms with Gasteiger partial charge in [0.1, 0.15) is 5.82 Å². The molecule has 0 aliphatic carbocycles. The maximum Gasteiger partial charge on any atom is 0.251 e. The van der Waals surface area contributed by atoms with E-state index in [1.54, 1.807) is 0 Å². The van der Waals surface area contributed by atoms with Gasteiger partial charge in [0.05, 0.1) is 11.0 Å². The summed E-state index contributed by atoms with van der Waals surface area (Å²) in [6.45, 7) is 0.547. The summed E-state index contributed by atoms with van der Waals surface area (Å²) in [4.78, 5) is 20.1. The molecule has 2 aromatic heterocycles. The highest BCUT2D eigenvalue weighted by molar-refractivity contribution is 5.98. The molecule has 5 heteroatoms. The number of aryl methyl sites for hydroxylation is 1. The van der Waals surface area contributed by atoms with E-state index in [9.17, 15) is 4.79 Å². The van der Waals surface area contributed by atoms with Crippen LogP contribution in [0.4, 0.5) is 0 Å². The zero-order valence-electron chi connectivity index (χ0n) is 13.4. The predicted molar refractivity (Wildman–Crippen MR) is 95.0 cm³/mol. The van der Waals surface area contributed by atoms with Crippen LogP contribution in [0.25, 0.3) is 21.9 Å². The second-order valence-electron chi connectivity index (χ2n) is 5.91. The lowest BCUT2D eigenvalue weighted by Gasteiger charge is -2.05. The van der Waals surface area contributed by atoms with Crippen molar-refractivity contribution in [3.05, 3.63) is 66.1 Å². The summed E-state index contributed by atoms with van der Waals surface area (Å²) >= 11 is 0. The Morgan fingerprint density at radius 1 is 1.21 bits per heavy atom. The first-order valence-electron chi connectivity index (χ1n) is 7.97. The standard InChI is InChI=1S/C19H18N4O/c1-23-11-9-13-12-14(6-7-17(13)23)19(24)20-10-8-18-21-15-4-2-3-5-16(15)22-18/h2-7,9,11-12H,8,10H2,1H3,(H,20,24)(H,21,22). The molecule has 0 aliphatic heterocycles. The first kappa shape index (κ1) is 14.5. The maximum atomic E-state index is 12.3. The summed E-state index contributed by atoms with van der Waals surface area (Å²) in [6, 6.07) is 15.7. The van der Waals surface area contributed by atoms with Crippen molar-refractivity contribution in [2.24, 2.45) is 7.05 Å². The van der Waals surface area contributed by atoms with Gasteiger partial charge in [-0.05, 0) is 36.4 Å². The molecule has 2 heterocycles. The number of fused-ring (bicyclic) bond motifs is 2. The Morgan fingerprint density at radius 2 is 2.08 bits per heavy atom. The topological polar surface area (TPSA) is 62.7 Å². The number of amides is 1. The zero-order valence-corrected chi connectivity index (χ0v) is 13.4. The quantitative estimate of drug-likeness (QED) is 0.607.